The van der Waals surface area contributed by atoms with Crippen molar-refractivity contribution in [2.45, 2.75) is 18.1 Å². The Morgan fingerprint density at radius 3 is 2.82 bits per heavy atom. The first-order valence-electron chi connectivity index (χ1n) is 8.66. The highest BCUT2D eigenvalue weighted by Crippen LogP contribution is 2.36. The van der Waals surface area contributed by atoms with E-state index in [4.69, 9.17) is 4.74 Å². The number of ether oxygens (including phenoxy) is 1. The standard InChI is InChI=1S/C20H16F3N3O2/c21-16-5-1-4-14(8-16)18-17(25-19(27)28-18)15-7-13(9-24-10-15)3-2-6-26-11-20(22,23)12-26/h1,4-5,7-10,17-18H,6,11-12H2,(H,25,27)/t17-,18-/m1/s1. The van der Waals surface area contributed by atoms with Crippen LogP contribution in [0.1, 0.15) is 28.8 Å². The van der Waals surface area contributed by atoms with E-state index in [0.29, 0.717) is 16.7 Å². The quantitative estimate of drug-likeness (QED) is 0.823. The number of amides is 1. The van der Waals surface area contributed by atoms with Crippen LogP contribution in [0, 0.1) is 17.7 Å². The van der Waals surface area contributed by atoms with Gasteiger partial charge in [-0.25, -0.2) is 18.0 Å². The maximum absolute atomic E-state index is 13.6. The van der Waals surface area contributed by atoms with Crippen LogP contribution >= 0.6 is 0 Å². The van der Waals surface area contributed by atoms with Gasteiger partial charge in [0.25, 0.3) is 5.92 Å². The molecule has 2 aliphatic heterocycles. The number of hydrogen-bond donors (Lipinski definition) is 1. The number of nitrogens with zero attached hydrogens (tertiary/aromatic N) is 2. The Balaban J connectivity index is 1.51. The molecule has 0 radical (unpaired) electrons. The molecule has 2 aromatic rings. The van der Waals surface area contributed by atoms with E-state index in [2.05, 4.69) is 22.1 Å². The number of alkyl carbamates (subject to hydrolysis) is 1. The van der Waals surface area contributed by atoms with Gasteiger partial charge < -0.3 is 10.1 Å². The molecule has 1 aromatic carbocycles. The summed E-state index contributed by atoms with van der Waals surface area (Å²) in [6, 6.07) is 7.06. The minimum Gasteiger partial charge on any atom is -0.439 e. The summed E-state index contributed by atoms with van der Waals surface area (Å²) < 4.78 is 44.5. The first kappa shape index (κ1) is 18.3. The van der Waals surface area contributed by atoms with Crippen molar-refractivity contribution in [2.24, 2.45) is 0 Å². The number of carbonyl (C=O) groups is 1. The van der Waals surface area contributed by atoms with Crippen LogP contribution in [0.4, 0.5) is 18.0 Å². The number of cyclic esters (lactones) is 1. The number of alkyl halides is 2. The van der Waals surface area contributed by atoms with Gasteiger partial charge in [-0.1, -0.05) is 24.0 Å². The van der Waals surface area contributed by atoms with E-state index in [1.807, 2.05) is 0 Å². The highest BCUT2D eigenvalue weighted by Gasteiger charge is 2.43. The van der Waals surface area contributed by atoms with E-state index in [0.717, 1.165) is 0 Å². The monoisotopic (exact) mass is 387 g/mol. The lowest BCUT2D eigenvalue weighted by atomic mass is 9.97. The van der Waals surface area contributed by atoms with Crippen LogP contribution in [0.15, 0.2) is 42.7 Å². The van der Waals surface area contributed by atoms with Crippen LogP contribution in [0.3, 0.4) is 0 Å². The lowest BCUT2D eigenvalue weighted by Gasteiger charge is -2.37. The molecule has 1 N–H and O–H groups in total. The summed E-state index contributed by atoms with van der Waals surface area (Å²) in [5.74, 6) is 2.71. The molecule has 2 saturated heterocycles. The van der Waals surface area contributed by atoms with Crippen LogP contribution in [-0.2, 0) is 4.74 Å². The van der Waals surface area contributed by atoms with Crippen molar-refractivity contribution in [1.29, 1.82) is 0 Å². The largest absolute Gasteiger partial charge is 0.439 e. The Morgan fingerprint density at radius 1 is 1.25 bits per heavy atom. The normalized spacial score (nSPS) is 23.2. The van der Waals surface area contributed by atoms with Gasteiger partial charge in [-0.05, 0) is 29.3 Å². The van der Waals surface area contributed by atoms with Gasteiger partial charge in [0.15, 0.2) is 6.10 Å². The molecule has 0 spiro atoms. The molecule has 2 aliphatic rings. The number of halogens is 3. The zero-order chi connectivity index (χ0) is 19.7. The average molecular weight is 387 g/mol. The molecule has 2 fully saturated rings. The van der Waals surface area contributed by atoms with Gasteiger partial charge in [0.05, 0.1) is 19.6 Å². The second-order valence-corrected chi connectivity index (χ2v) is 6.81. The third-order valence-electron chi connectivity index (χ3n) is 4.55. The highest BCUT2D eigenvalue weighted by molar-refractivity contribution is 5.71. The first-order chi connectivity index (χ1) is 13.4. The van der Waals surface area contributed by atoms with Crippen LogP contribution in [-0.4, -0.2) is 41.5 Å². The molecule has 3 heterocycles. The number of carbonyl (C=O) groups excluding carboxylic acids is 1. The number of likely N-dealkylation sites (tertiary alicyclic amines) is 1. The number of pyridine rings is 1. The lowest BCUT2D eigenvalue weighted by Crippen LogP contribution is -2.55. The molecule has 4 rings (SSSR count). The minimum atomic E-state index is -2.62. The Labute approximate surface area is 159 Å². The second kappa shape index (κ2) is 7.17. The third kappa shape index (κ3) is 3.94. The molecule has 8 heteroatoms. The van der Waals surface area contributed by atoms with E-state index in [9.17, 15) is 18.0 Å². The summed E-state index contributed by atoms with van der Waals surface area (Å²) in [6.45, 7) is -0.309. The maximum atomic E-state index is 13.6. The minimum absolute atomic E-state index is 0.245. The molecule has 28 heavy (non-hydrogen) atoms. The molecule has 0 aliphatic carbocycles. The van der Waals surface area contributed by atoms with Gasteiger partial charge >= 0.3 is 6.09 Å². The predicted octanol–water partition coefficient (Wildman–Crippen LogP) is 3.05. The molecule has 5 nitrogen and oxygen atoms in total. The molecular weight excluding hydrogens is 371 g/mol. The fourth-order valence-corrected chi connectivity index (χ4v) is 3.29. The van der Waals surface area contributed by atoms with Crippen LogP contribution < -0.4 is 5.32 Å². The van der Waals surface area contributed by atoms with Crippen molar-refractivity contribution in [3.05, 3.63) is 65.2 Å². The lowest BCUT2D eigenvalue weighted by molar-refractivity contribution is -0.125. The molecule has 144 valence electrons. The second-order valence-electron chi connectivity index (χ2n) is 6.81. The van der Waals surface area contributed by atoms with Gasteiger partial charge in [0, 0.05) is 18.0 Å². The Bertz CT molecular complexity index is 962. The van der Waals surface area contributed by atoms with Crippen LogP contribution in [0.25, 0.3) is 0 Å². The summed E-state index contributed by atoms with van der Waals surface area (Å²) in [4.78, 5) is 17.5. The van der Waals surface area contributed by atoms with Crippen LogP contribution in [0.2, 0.25) is 0 Å². The van der Waals surface area contributed by atoms with E-state index in [-0.39, 0.29) is 19.6 Å². The number of aromatic nitrogens is 1. The van der Waals surface area contributed by atoms with Gasteiger partial charge in [-0.15, -0.1) is 0 Å². The zero-order valence-corrected chi connectivity index (χ0v) is 14.7. The van der Waals surface area contributed by atoms with Crippen molar-refractivity contribution in [1.82, 2.24) is 15.2 Å². The number of rotatable bonds is 3. The van der Waals surface area contributed by atoms with Crippen molar-refractivity contribution < 1.29 is 22.7 Å². The van der Waals surface area contributed by atoms with Crippen molar-refractivity contribution >= 4 is 6.09 Å². The summed E-state index contributed by atoms with van der Waals surface area (Å²) >= 11 is 0. The SMILES string of the molecule is O=C1N[C@H](c2cncc(C#CCN3CC(F)(F)C3)c2)[C@@H](c2cccc(F)c2)O1. The summed E-state index contributed by atoms with van der Waals surface area (Å²) in [5, 5.41) is 2.70. The zero-order valence-electron chi connectivity index (χ0n) is 14.7. The fraction of sp³-hybridized carbons (Fsp3) is 0.300. The first-order valence-corrected chi connectivity index (χ1v) is 8.66. The van der Waals surface area contributed by atoms with E-state index in [1.54, 1.807) is 35.5 Å². The smallest absolute Gasteiger partial charge is 0.408 e. The number of hydrogen-bond acceptors (Lipinski definition) is 4. The summed E-state index contributed by atoms with van der Waals surface area (Å²) in [7, 11) is 0. The molecule has 0 bridgehead atoms. The highest BCUT2D eigenvalue weighted by atomic mass is 19.3. The number of benzene rings is 1. The van der Waals surface area contributed by atoms with E-state index >= 15 is 0 Å². The number of nitrogens with one attached hydrogen (secondary N) is 1. The molecule has 0 unspecified atom stereocenters. The fourth-order valence-electron chi connectivity index (χ4n) is 3.29. The predicted molar refractivity (Wildman–Crippen MR) is 94.0 cm³/mol. The average Bonchev–Trinajstić information content (AvgIpc) is 3.02. The molecule has 2 atom stereocenters. The van der Waals surface area contributed by atoms with Crippen molar-refractivity contribution in [3.8, 4) is 11.8 Å². The molecule has 1 amide bonds. The van der Waals surface area contributed by atoms with E-state index < -0.39 is 30.0 Å². The van der Waals surface area contributed by atoms with Crippen molar-refractivity contribution in [2.75, 3.05) is 19.6 Å². The topological polar surface area (TPSA) is 54.5 Å². The molecule has 0 saturated carbocycles. The van der Waals surface area contributed by atoms with Gasteiger partial charge in [-0.3, -0.25) is 9.88 Å². The summed E-state index contributed by atoms with van der Waals surface area (Å²) in [5.41, 5.74) is 1.77. The molecule has 1 aromatic heterocycles. The van der Waals surface area contributed by atoms with E-state index in [1.165, 1.54) is 12.1 Å². The molecular formula is C20H16F3N3O2. The summed E-state index contributed by atoms with van der Waals surface area (Å²) in [6.07, 6.45) is 1.83. The van der Waals surface area contributed by atoms with Crippen molar-refractivity contribution in [3.63, 3.8) is 0 Å². The Morgan fingerprint density at radius 2 is 2.07 bits per heavy atom. The Hall–Kier alpha value is -3.05. The maximum Gasteiger partial charge on any atom is 0.408 e. The van der Waals surface area contributed by atoms with Gasteiger partial charge in [0.2, 0.25) is 0 Å². The van der Waals surface area contributed by atoms with Gasteiger partial charge in [0.1, 0.15) is 11.9 Å². The van der Waals surface area contributed by atoms with Gasteiger partial charge in [-0.2, -0.15) is 0 Å². The Kier molecular flexibility index (Phi) is 4.69. The van der Waals surface area contributed by atoms with Crippen LogP contribution in [0.5, 0.6) is 0 Å². The third-order valence-corrected chi connectivity index (χ3v) is 4.55.